The van der Waals surface area contributed by atoms with Crippen LogP contribution < -0.4 is 9.67 Å². The fourth-order valence-electron chi connectivity index (χ4n) is 1.18. The highest BCUT2D eigenvalue weighted by Gasteiger charge is 2.28. The number of aromatic nitrogens is 2. The van der Waals surface area contributed by atoms with E-state index < -0.39 is 12.1 Å². The SMILES string of the molecule is CCCCCn1cc[n+](C)c1.O=C([O-])C(F)(F)F. The molecular weight excluding hydrogens is 249 g/mol. The van der Waals surface area contributed by atoms with Crippen molar-refractivity contribution in [2.24, 2.45) is 7.05 Å². The van der Waals surface area contributed by atoms with Crippen LogP contribution in [0.15, 0.2) is 18.7 Å². The topological polar surface area (TPSA) is 48.9 Å². The summed E-state index contributed by atoms with van der Waals surface area (Å²) in [6.45, 7) is 3.39. The number of hydrogen-bond acceptors (Lipinski definition) is 2. The zero-order valence-corrected chi connectivity index (χ0v) is 10.4. The lowest BCUT2D eigenvalue weighted by atomic mass is 10.2. The maximum atomic E-state index is 10.5. The van der Waals surface area contributed by atoms with Gasteiger partial charge in [0.2, 0.25) is 6.33 Å². The van der Waals surface area contributed by atoms with Crippen molar-refractivity contribution in [2.45, 2.75) is 38.9 Å². The van der Waals surface area contributed by atoms with Crippen molar-refractivity contribution in [3.05, 3.63) is 18.7 Å². The number of imidazole rings is 1. The number of halogens is 3. The molecule has 0 N–H and O–H groups in total. The van der Waals surface area contributed by atoms with Crippen molar-refractivity contribution < 1.29 is 27.6 Å². The number of carbonyl (C=O) groups is 1. The Morgan fingerprint density at radius 1 is 1.39 bits per heavy atom. The van der Waals surface area contributed by atoms with Crippen LogP contribution in [0.4, 0.5) is 13.2 Å². The van der Waals surface area contributed by atoms with Crippen molar-refractivity contribution in [2.75, 3.05) is 0 Å². The summed E-state index contributed by atoms with van der Waals surface area (Å²) in [6, 6.07) is 0. The largest absolute Gasteiger partial charge is 0.542 e. The van der Waals surface area contributed by atoms with Crippen LogP contribution in [-0.2, 0) is 18.4 Å². The Hall–Kier alpha value is -1.53. The molecule has 0 aliphatic rings. The molecule has 0 unspecified atom stereocenters. The quantitative estimate of drug-likeness (QED) is 0.598. The summed E-state index contributed by atoms with van der Waals surface area (Å²) in [4.78, 5) is 8.78. The van der Waals surface area contributed by atoms with Gasteiger partial charge < -0.3 is 9.90 Å². The molecule has 1 aromatic rings. The van der Waals surface area contributed by atoms with Gasteiger partial charge in [-0.1, -0.05) is 13.3 Å². The van der Waals surface area contributed by atoms with E-state index in [1.807, 2.05) is 0 Å². The molecule has 1 rings (SSSR count). The first-order valence-corrected chi connectivity index (χ1v) is 5.56. The molecular formula is C11H17F3N2O2. The van der Waals surface area contributed by atoms with E-state index in [9.17, 15) is 13.2 Å². The van der Waals surface area contributed by atoms with E-state index in [1.165, 1.54) is 19.3 Å². The third kappa shape index (κ3) is 7.70. The highest BCUT2D eigenvalue weighted by atomic mass is 19.4. The van der Waals surface area contributed by atoms with Crippen LogP contribution in [0.1, 0.15) is 26.2 Å². The van der Waals surface area contributed by atoms with Crippen LogP contribution in [0.5, 0.6) is 0 Å². The lowest BCUT2D eigenvalue weighted by Gasteiger charge is -2.03. The molecule has 0 amide bonds. The van der Waals surface area contributed by atoms with Crippen LogP contribution in [0.25, 0.3) is 0 Å². The summed E-state index contributed by atoms with van der Waals surface area (Å²) in [7, 11) is 2.05. The highest BCUT2D eigenvalue weighted by molar-refractivity contribution is 5.70. The van der Waals surface area contributed by atoms with Gasteiger partial charge in [0.25, 0.3) is 0 Å². The molecule has 18 heavy (non-hydrogen) atoms. The minimum atomic E-state index is -5.19. The molecule has 1 heterocycles. The maximum absolute atomic E-state index is 10.5. The Labute approximate surface area is 104 Å². The number of carboxylic acids is 1. The van der Waals surface area contributed by atoms with E-state index in [-0.39, 0.29) is 0 Å². The first-order chi connectivity index (χ1) is 8.27. The number of rotatable bonds is 4. The smallest absolute Gasteiger partial charge is 0.430 e. The van der Waals surface area contributed by atoms with Gasteiger partial charge in [0, 0.05) is 0 Å². The summed E-state index contributed by atoms with van der Waals surface area (Å²) in [6.07, 6.45) is 5.05. The molecule has 4 nitrogen and oxygen atoms in total. The van der Waals surface area contributed by atoms with E-state index in [0.29, 0.717) is 0 Å². The predicted molar refractivity (Wildman–Crippen MR) is 56.2 cm³/mol. The Morgan fingerprint density at radius 3 is 2.28 bits per heavy atom. The molecule has 0 saturated heterocycles. The molecule has 0 aliphatic carbocycles. The van der Waals surface area contributed by atoms with Gasteiger partial charge in [0.05, 0.1) is 13.6 Å². The lowest BCUT2D eigenvalue weighted by Crippen LogP contribution is -2.37. The average Bonchev–Trinajstić information content (AvgIpc) is 2.64. The number of aliphatic carboxylic acids is 1. The molecule has 0 bridgehead atoms. The Kier molecular flexibility index (Phi) is 7.07. The summed E-state index contributed by atoms with van der Waals surface area (Å²) in [5, 5.41) is 8.78. The predicted octanol–water partition coefficient (Wildman–Crippen LogP) is 0.801. The van der Waals surface area contributed by atoms with Gasteiger partial charge in [0.1, 0.15) is 18.4 Å². The van der Waals surface area contributed by atoms with Crippen LogP contribution in [-0.4, -0.2) is 16.7 Å². The minimum Gasteiger partial charge on any atom is -0.542 e. The molecule has 0 spiro atoms. The lowest BCUT2D eigenvalue weighted by molar-refractivity contribution is -0.671. The first kappa shape index (κ1) is 16.5. The Balaban J connectivity index is 0.000000360. The highest BCUT2D eigenvalue weighted by Crippen LogP contribution is 2.11. The summed E-state index contributed by atoms with van der Waals surface area (Å²) < 4.78 is 35.9. The van der Waals surface area contributed by atoms with Gasteiger partial charge in [-0.3, -0.25) is 0 Å². The average molecular weight is 266 g/mol. The second-order valence-electron chi connectivity index (χ2n) is 3.81. The molecule has 0 saturated carbocycles. The zero-order chi connectivity index (χ0) is 14.2. The molecule has 1 aromatic heterocycles. The molecule has 7 heteroatoms. The second kappa shape index (κ2) is 7.73. The van der Waals surface area contributed by atoms with Crippen molar-refractivity contribution in [3.63, 3.8) is 0 Å². The second-order valence-corrected chi connectivity index (χ2v) is 3.81. The summed E-state index contributed by atoms with van der Waals surface area (Å²) in [5.41, 5.74) is 0. The summed E-state index contributed by atoms with van der Waals surface area (Å²) in [5.74, 6) is -3.01. The van der Waals surface area contributed by atoms with Gasteiger partial charge >= 0.3 is 6.18 Å². The van der Waals surface area contributed by atoms with Gasteiger partial charge in [0.15, 0.2) is 0 Å². The van der Waals surface area contributed by atoms with Crippen molar-refractivity contribution in [1.82, 2.24) is 4.57 Å². The fraction of sp³-hybridized carbons (Fsp3) is 0.636. The van der Waals surface area contributed by atoms with Crippen molar-refractivity contribution in [3.8, 4) is 0 Å². The number of unbranched alkanes of at least 4 members (excludes halogenated alkanes) is 2. The fourth-order valence-corrected chi connectivity index (χ4v) is 1.18. The monoisotopic (exact) mass is 266 g/mol. The van der Waals surface area contributed by atoms with E-state index in [4.69, 9.17) is 9.90 Å². The molecule has 0 radical (unpaired) electrons. The van der Waals surface area contributed by atoms with Crippen molar-refractivity contribution in [1.29, 1.82) is 0 Å². The third-order valence-corrected chi connectivity index (χ3v) is 2.08. The number of nitrogens with zero attached hydrogens (tertiary/aromatic N) is 2. The molecule has 0 aromatic carbocycles. The van der Waals surface area contributed by atoms with Gasteiger partial charge in [-0.05, 0) is 12.8 Å². The van der Waals surface area contributed by atoms with Crippen molar-refractivity contribution >= 4 is 5.97 Å². The number of carboxylic acid groups (broad SMARTS) is 1. The van der Waals surface area contributed by atoms with Crippen LogP contribution in [0.2, 0.25) is 0 Å². The van der Waals surface area contributed by atoms with Crippen LogP contribution in [0, 0.1) is 0 Å². The van der Waals surface area contributed by atoms with E-state index in [1.54, 1.807) is 0 Å². The molecule has 104 valence electrons. The maximum Gasteiger partial charge on any atom is 0.430 e. The number of carbonyl (C=O) groups excluding carboxylic acids is 1. The normalized spacial score (nSPS) is 10.7. The van der Waals surface area contributed by atoms with Gasteiger partial charge in [-0.25, -0.2) is 9.13 Å². The molecule has 0 aliphatic heterocycles. The zero-order valence-electron chi connectivity index (χ0n) is 10.4. The molecule has 0 fully saturated rings. The first-order valence-electron chi connectivity index (χ1n) is 5.56. The van der Waals surface area contributed by atoms with E-state index in [0.717, 1.165) is 6.54 Å². The minimum absolute atomic E-state index is 1.16. The standard InChI is InChI=1S/C9H17N2.C2HF3O2/c1-3-4-5-6-11-8-7-10(2)9-11;3-2(4,5)1(6)7/h7-9H,3-6H2,1-2H3;(H,6,7)/q+1;/p-1. The number of hydrogen-bond donors (Lipinski definition) is 0. The number of aryl methyl sites for hydroxylation is 2. The van der Waals surface area contributed by atoms with Crippen LogP contribution >= 0.6 is 0 Å². The Bertz CT molecular complexity index is 361. The summed E-state index contributed by atoms with van der Waals surface area (Å²) >= 11 is 0. The Morgan fingerprint density at radius 2 is 1.94 bits per heavy atom. The van der Waals surface area contributed by atoms with E-state index >= 15 is 0 Å². The molecule has 0 atom stereocenters. The van der Waals surface area contributed by atoms with Gasteiger partial charge in [-0.2, -0.15) is 13.2 Å². The van der Waals surface area contributed by atoms with E-state index in [2.05, 4.69) is 41.8 Å². The van der Waals surface area contributed by atoms with Crippen LogP contribution in [0.3, 0.4) is 0 Å². The third-order valence-electron chi connectivity index (χ3n) is 2.08. The van der Waals surface area contributed by atoms with Gasteiger partial charge in [-0.15, -0.1) is 0 Å². The number of alkyl halides is 3.